The Morgan fingerprint density at radius 3 is 2.74 bits per heavy atom. The molecule has 1 heterocycles. The molecule has 0 aliphatic rings. The number of aromatic nitrogens is 1. The average molecular weight is 262 g/mol. The highest BCUT2D eigenvalue weighted by Gasteiger charge is 2.15. The summed E-state index contributed by atoms with van der Waals surface area (Å²) in [5.41, 5.74) is 5.99. The number of carbonyl (C=O) groups excluding carboxylic acids is 1. The summed E-state index contributed by atoms with van der Waals surface area (Å²) in [6.45, 7) is 1.71. The Morgan fingerprint density at radius 2 is 2.21 bits per heavy atom. The van der Waals surface area contributed by atoms with Gasteiger partial charge in [0.25, 0.3) is 11.6 Å². The number of nitro benzene ring substituents is 1. The fourth-order valence-electron chi connectivity index (χ4n) is 1.47. The molecule has 0 spiro atoms. The van der Waals surface area contributed by atoms with Gasteiger partial charge in [-0.1, -0.05) is 5.16 Å². The van der Waals surface area contributed by atoms with Crippen molar-refractivity contribution in [2.45, 2.75) is 6.92 Å². The minimum Gasteiger partial charge on any atom is -0.393 e. The van der Waals surface area contributed by atoms with E-state index in [-0.39, 0.29) is 22.8 Å². The molecule has 0 bridgehead atoms. The number of carbonyl (C=O) groups is 1. The second kappa shape index (κ2) is 4.77. The number of aryl methyl sites for hydroxylation is 1. The van der Waals surface area contributed by atoms with Gasteiger partial charge in [0.2, 0.25) is 5.88 Å². The van der Waals surface area contributed by atoms with Gasteiger partial charge in [-0.15, -0.1) is 0 Å². The van der Waals surface area contributed by atoms with Crippen LogP contribution in [0.5, 0.6) is 0 Å². The second-order valence-corrected chi connectivity index (χ2v) is 3.82. The number of anilines is 2. The van der Waals surface area contributed by atoms with Gasteiger partial charge in [0.1, 0.15) is 5.69 Å². The quantitative estimate of drug-likeness (QED) is 0.493. The summed E-state index contributed by atoms with van der Waals surface area (Å²) in [7, 11) is 0. The highest BCUT2D eigenvalue weighted by atomic mass is 16.6. The molecule has 1 aromatic carbocycles. The zero-order valence-electron chi connectivity index (χ0n) is 9.91. The number of benzene rings is 1. The van der Waals surface area contributed by atoms with Crippen LogP contribution in [0.1, 0.15) is 16.1 Å². The third-order valence-electron chi connectivity index (χ3n) is 2.35. The van der Waals surface area contributed by atoms with Crippen LogP contribution in [0, 0.1) is 17.0 Å². The topological polar surface area (TPSA) is 124 Å². The van der Waals surface area contributed by atoms with Crippen LogP contribution in [0.4, 0.5) is 17.3 Å². The summed E-state index contributed by atoms with van der Waals surface area (Å²) in [6, 6.07) is 5.27. The molecule has 3 N–H and O–H groups in total. The van der Waals surface area contributed by atoms with Crippen molar-refractivity contribution >= 4 is 23.2 Å². The Morgan fingerprint density at radius 1 is 1.47 bits per heavy atom. The Balaban J connectivity index is 2.20. The zero-order chi connectivity index (χ0) is 14.0. The molecule has 0 aliphatic carbocycles. The monoisotopic (exact) mass is 262 g/mol. The lowest BCUT2D eigenvalue weighted by Gasteiger charge is -2.02. The SMILES string of the molecule is Cc1cc(NC(=O)c2ccc([N+](=O)[O-])c(N)c2)on1. The summed E-state index contributed by atoms with van der Waals surface area (Å²) in [5.74, 6) is -0.294. The molecule has 2 rings (SSSR count). The number of rotatable bonds is 3. The molecule has 1 amide bonds. The van der Waals surface area contributed by atoms with Crippen LogP contribution in [-0.2, 0) is 0 Å². The number of nitro groups is 1. The summed E-state index contributed by atoms with van der Waals surface area (Å²) in [4.78, 5) is 21.8. The average Bonchev–Trinajstić information content (AvgIpc) is 2.74. The minimum absolute atomic E-state index is 0.0774. The van der Waals surface area contributed by atoms with Gasteiger partial charge < -0.3 is 10.3 Å². The molecule has 0 aliphatic heterocycles. The molecule has 0 saturated carbocycles. The van der Waals surface area contributed by atoms with Crippen molar-refractivity contribution in [1.29, 1.82) is 0 Å². The molecule has 8 heteroatoms. The number of nitrogen functional groups attached to an aromatic ring is 1. The molecular formula is C11H10N4O4. The molecule has 1 aromatic heterocycles. The first-order valence-corrected chi connectivity index (χ1v) is 5.26. The molecule has 0 unspecified atom stereocenters. The Bertz CT molecular complexity index is 650. The first kappa shape index (κ1) is 12.6. The maximum absolute atomic E-state index is 11.8. The van der Waals surface area contributed by atoms with Crippen molar-refractivity contribution in [2.75, 3.05) is 11.1 Å². The normalized spacial score (nSPS) is 10.2. The van der Waals surface area contributed by atoms with E-state index in [0.717, 1.165) is 0 Å². The number of hydrogen-bond acceptors (Lipinski definition) is 6. The summed E-state index contributed by atoms with van der Waals surface area (Å²) < 4.78 is 4.83. The van der Waals surface area contributed by atoms with E-state index in [9.17, 15) is 14.9 Å². The van der Waals surface area contributed by atoms with Crippen LogP contribution in [0.15, 0.2) is 28.8 Å². The molecule has 2 aromatic rings. The van der Waals surface area contributed by atoms with Crippen molar-refractivity contribution in [3.63, 3.8) is 0 Å². The van der Waals surface area contributed by atoms with Crippen molar-refractivity contribution < 1.29 is 14.2 Å². The summed E-state index contributed by atoms with van der Waals surface area (Å²) in [6.07, 6.45) is 0. The molecular weight excluding hydrogens is 252 g/mol. The highest BCUT2D eigenvalue weighted by Crippen LogP contribution is 2.22. The van der Waals surface area contributed by atoms with E-state index in [4.69, 9.17) is 10.3 Å². The molecule has 8 nitrogen and oxygen atoms in total. The smallest absolute Gasteiger partial charge is 0.292 e. The number of nitrogens with two attached hydrogens (primary N) is 1. The summed E-state index contributed by atoms with van der Waals surface area (Å²) >= 11 is 0. The Labute approximate surface area is 107 Å². The van der Waals surface area contributed by atoms with Crippen LogP contribution in [0.3, 0.4) is 0 Å². The number of nitrogens with one attached hydrogen (secondary N) is 1. The number of nitrogens with zero attached hydrogens (tertiary/aromatic N) is 2. The van der Waals surface area contributed by atoms with Crippen LogP contribution in [0.2, 0.25) is 0 Å². The van der Waals surface area contributed by atoms with Gasteiger partial charge in [0, 0.05) is 17.7 Å². The highest BCUT2D eigenvalue weighted by molar-refractivity contribution is 6.04. The molecule has 98 valence electrons. The Kier molecular flexibility index (Phi) is 3.15. The lowest BCUT2D eigenvalue weighted by atomic mass is 10.1. The fraction of sp³-hybridized carbons (Fsp3) is 0.0909. The van der Waals surface area contributed by atoms with Crippen LogP contribution >= 0.6 is 0 Å². The predicted octanol–water partition coefficient (Wildman–Crippen LogP) is 1.73. The van der Waals surface area contributed by atoms with Gasteiger partial charge in [-0.2, -0.15) is 0 Å². The molecule has 0 radical (unpaired) electrons. The van der Waals surface area contributed by atoms with Gasteiger partial charge in [-0.05, 0) is 19.1 Å². The third kappa shape index (κ3) is 2.68. The maximum atomic E-state index is 11.8. The minimum atomic E-state index is -0.614. The summed E-state index contributed by atoms with van der Waals surface area (Å²) in [5, 5.41) is 16.7. The number of amides is 1. The van der Waals surface area contributed by atoms with Crippen LogP contribution in [0.25, 0.3) is 0 Å². The lowest BCUT2D eigenvalue weighted by molar-refractivity contribution is -0.383. The lowest BCUT2D eigenvalue weighted by Crippen LogP contribution is -2.12. The van der Waals surface area contributed by atoms with E-state index >= 15 is 0 Å². The van der Waals surface area contributed by atoms with E-state index in [1.54, 1.807) is 13.0 Å². The molecule has 0 fully saturated rings. The van der Waals surface area contributed by atoms with Gasteiger partial charge >= 0.3 is 0 Å². The number of hydrogen-bond donors (Lipinski definition) is 2. The van der Waals surface area contributed by atoms with E-state index < -0.39 is 10.8 Å². The zero-order valence-corrected chi connectivity index (χ0v) is 9.91. The maximum Gasteiger partial charge on any atom is 0.292 e. The van der Waals surface area contributed by atoms with Crippen LogP contribution in [-0.4, -0.2) is 16.0 Å². The van der Waals surface area contributed by atoms with Gasteiger partial charge in [0.05, 0.1) is 10.6 Å². The van der Waals surface area contributed by atoms with Crippen molar-refractivity contribution in [1.82, 2.24) is 5.16 Å². The Hall–Kier alpha value is -2.90. The van der Waals surface area contributed by atoms with Crippen molar-refractivity contribution in [2.24, 2.45) is 0 Å². The standard InChI is InChI=1S/C11H10N4O4/c1-6-4-10(19-14-6)13-11(16)7-2-3-9(15(17)18)8(12)5-7/h2-5H,12H2,1H3,(H,13,16). The second-order valence-electron chi connectivity index (χ2n) is 3.82. The molecule has 19 heavy (non-hydrogen) atoms. The van der Waals surface area contributed by atoms with Gasteiger partial charge in [-0.25, -0.2) is 0 Å². The third-order valence-corrected chi connectivity index (χ3v) is 2.35. The fourth-order valence-corrected chi connectivity index (χ4v) is 1.47. The first-order chi connectivity index (χ1) is 8.97. The van der Waals surface area contributed by atoms with E-state index in [1.165, 1.54) is 18.2 Å². The van der Waals surface area contributed by atoms with Crippen molar-refractivity contribution in [3.8, 4) is 0 Å². The van der Waals surface area contributed by atoms with E-state index in [2.05, 4.69) is 10.5 Å². The van der Waals surface area contributed by atoms with Crippen molar-refractivity contribution in [3.05, 3.63) is 45.6 Å². The van der Waals surface area contributed by atoms with E-state index in [0.29, 0.717) is 5.69 Å². The van der Waals surface area contributed by atoms with Gasteiger partial charge in [-0.3, -0.25) is 20.2 Å². The molecule has 0 atom stereocenters. The van der Waals surface area contributed by atoms with Crippen LogP contribution < -0.4 is 11.1 Å². The molecule has 0 saturated heterocycles. The largest absolute Gasteiger partial charge is 0.393 e. The predicted molar refractivity (Wildman–Crippen MR) is 66.7 cm³/mol. The van der Waals surface area contributed by atoms with Gasteiger partial charge in [0.15, 0.2) is 0 Å². The first-order valence-electron chi connectivity index (χ1n) is 5.26. The van der Waals surface area contributed by atoms with E-state index in [1.807, 2.05) is 0 Å².